The summed E-state index contributed by atoms with van der Waals surface area (Å²) < 4.78 is 0. The average Bonchev–Trinajstić information content (AvgIpc) is 2.58. The monoisotopic (exact) mass is 222 g/mol. The highest BCUT2D eigenvalue weighted by molar-refractivity contribution is 5.73. The van der Waals surface area contributed by atoms with Crippen LogP contribution in [0.4, 0.5) is 0 Å². The van der Waals surface area contributed by atoms with Gasteiger partial charge in [0.05, 0.1) is 11.1 Å². The Morgan fingerprint density at radius 3 is 2.75 bits per heavy atom. The van der Waals surface area contributed by atoms with Crippen LogP contribution < -0.4 is 0 Å². The molecule has 0 aromatic carbocycles. The summed E-state index contributed by atoms with van der Waals surface area (Å²) in [5.41, 5.74) is 1.60. The van der Waals surface area contributed by atoms with E-state index in [0.717, 1.165) is 24.4 Å². The van der Waals surface area contributed by atoms with Gasteiger partial charge < -0.3 is 10.1 Å². The van der Waals surface area contributed by atoms with E-state index in [1.54, 1.807) is 13.8 Å². The summed E-state index contributed by atoms with van der Waals surface area (Å²) >= 11 is 0. The van der Waals surface area contributed by atoms with Crippen LogP contribution in [0.1, 0.15) is 43.9 Å². The molecule has 1 heterocycles. The summed E-state index contributed by atoms with van der Waals surface area (Å²) in [6.07, 6.45) is 4.95. The number of imidazole rings is 1. The summed E-state index contributed by atoms with van der Waals surface area (Å²) in [7, 11) is 0. The second kappa shape index (κ2) is 3.92. The van der Waals surface area contributed by atoms with Crippen LogP contribution in [0.5, 0.6) is 0 Å². The Morgan fingerprint density at radius 2 is 2.12 bits per heavy atom. The highest BCUT2D eigenvalue weighted by Crippen LogP contribution is 2.24. The summed E-state index contributed by atoms with van der Waals surface area (Å²) in [4.78, 5) is 18.8. The van der Waals surface area contributed by atoms with Crippen LogP contribution in [-0.4, -0.2) is 21.0 Å². The number of carboxylic acids is 1. The Morgan fingerprint density at radius 1 is 1.44 bits per heavy atom. The van der Waals surface area contributed by atoms with Crippen LogP contribution in [0, 0.1) is 5.41 Å². The minimum Gasteiger partial charge on any atom is -0.481 e. The number of aryl methyl sites for hydroxylation is 2. The first kappa shape index (κ1) is 11.2. The van der Waals surface area contributed by atoms with Crippen molar-refractivity contribution in [3.8, 4) is 0 Å². The molecular weight excluding hydrogens is 204 g/mol. The van der Waals surface area contributed by atoms with Gasteiger partial charge in [0.1, 0.15) is 5.82 Å². The van der Waals surface area contributed by atoms with Gasteiger partial charge in [-0.15, -0.1) is 0 Å². The Bertz CT molecular complexity index is 384. The van der Waals surface area contributed by atoms with E-state index in [1.807, 2.05) is 0 Å². The number of aromatic nitrogens is 2. The number of rotatable bonds is 3. The van der Waals surface area contributed by atoms with Gasteiger partial charge in [0.2, 0.25) is 0 Å². The lowest BCUT2D eigenvalue weighted by atomic mass is 9.89. The first-order valence-electron chi connectivity index (χ1n) is 5.79. The molecule has 0 spiro atoms. The molecule has 4 heteroatoms. The second-order valence-electron chi connectivity index (χ2n) is 5.18. The first-order chi connectivity index (χ1) is 7.49. The standard InChI is InChI=1S/C12H18N2O2/c1-12(2,11(15)16)7-10-13-8-5-3-4-6-9(8)14-10/h3-7H2,1-2H3,(H,13,14)(H,15,16). The summed E-state index contributed by atoms with van der Waals surface area (Å²) in [5.74, 6) is 0.0428. The molecule has 4 nitrogen and oxygen atoms in total. The zero-order chi connectivity index (χ0) is 11.8. The van der Waals surface area contributed by atoms with Crippen molar-refractivity contribution in [3.63, 3.8) is 0 Å². The van der Waals surface area contributed by atoms with Crippen molar-refractivity contribution in [1.82, 2.24) is 9.97 Å². The topological polar surface area (TPSA) is 66.0 Å². The Labute approximate surface area is 95.1 Å². The lowest BCUT2D eigenvalue weighted by molar-refractivity contribution is -0.146. The van der Waals surface area contributed by atoms with Gasteiger partial charge >= 0.3 is 5.97 Å². The van der Waals surface area contributed by atoms with Gasteiger partial charge in [-0.05, 0) is 39.5 Å². The number of fused-ring (bicyclic) bond motifs is 1. The smallest absolute Gasteiger partial charge is 0.309 e. The molecule has 1 aromatic rings. The lowest BCUT2D eigenvalue weighted by Gasteiger charge is -2.16. The molecule has 16 heavy (non-hydrogen) atoms. The van der Waals surface area contributed by atoms with Gasteiger partial charge in [-0.2, -0.15) is 0 Å². The van der Waals surface area contributed by atoms with E-state index in [2.05, 4.69) is 9.97 Å². The molecule has 1 aliphatic carbocycles. The zero-order valence-corrected chi connectivity index (χ0v) is 9.84. The number of hydrogen-bond donors (Lipinski definition) is 2. The number of H-pyrrole nitrogens is 1. The number of carboxylic acid groups (broad SMARTS) is 1. The Hall–Kier alpha value is -1.32. The van der Waals surface area contributed by atoms with Crippen LogP contribution in [-0.2, 0) is 24.1 Å². The van der Waals surface area contributed by atoms with Crippen molar-refractivity contribution in [2.45, 2.75) is 46.0 Å². The minimum absolute atomic E-state index is 0.468. The fourth-order valence-electron chi connectivity index (χ4n) is 2.09. The largest absolute Gasteiger partial charge is 0.481 e. The molecule has 0 aliphatic heterocycles. The third-order valence-electron chi connectivity index (χ3n) is 3.19. The predicted octanol–water partition coefficient (Wildman–Crippen LogP) is 1.94. The van der Waals surface area contributed by atoms with E-state index in [0.29, 0.717) is 6.42 Å². The first-order valence-corrected chi connectivity index (χ1v) is 5.79. The molecule has 1 aromatic heterocycles. The molecule has 0 amide bonds. The van der Waals surface area contributed by atoms with Gasteiger partial charge in [-0.1, -0.05) is 0 Å². The predicted molar refractivity (Wildman–Crippen MR) is 60.4 cm³/mol. The third-order valence-corrected chi connectivity index (χ3v) is 3.19. The number of carbonyl (C=O) groups is 1. The van der Waals surface area contributed by atoms with Gasteiger partial charge in [0, 0.05) is 12.1 Å². The molecule has 1 aliphatic rings. The molecule has 0 saturated heterocycles. The van der Waals surface area contributed by atoms with E-state index in [9.17, 15) is 4.79 Å². The molecule has 0 atom stereocenters. The van der Waals surface area contributed by atoms with Crippen molar-refractivity contribution in [2.75, 3.05) is 0 Å². The van der Waals surface area contributed by atoms with Crippen LogP contribution >= 0.6 is 0 Å². The molecular formula is C12H18N2O2. The highest BCUT2D eigenvalue weighted by Gasteiger charge is 2.29. The number of nitrogens with one attached hydrogen (secondary N) is 1. The quantitative estimate of drug-likeness (QED) is 0.821. The van der Waals surface area contributed by atoms with E-state index in [1.165, 1.54) is 18.5 Å². The summed E-state index contributed by atoms with van der Waals surface area (Å²) in [6.45, 7) is 3.47. The van der Waals surface area contributed by atoms with E-state index in [4.69, 9.17) is 5.11 Å². The van der Waals surface area contributed by atoms with E-state index >= 15 is 0 Å². The molecule has 0 radical (unpaired) electrons. The van der Waals surface area contributed by atoms with Gasteiger partial charge in [-0.25, -0.2) is 4.98 Å². The van der Waals surface area contributed by atoms with Crippen molar-refractivity contribution >= 4 is 5.97 Å². The Kier molecular flexibility index (Phi) is 2.74. The van der Waals surface area contributed by atoms with Crippen molar-refractivity contribution in [3.05, 3.63) is 17.2 Å². The lowest BCUT2D eigenvalue weighted by Crippen LogP contribution is -2.26. The Balaban J connectivity index is 2.16. The van der Waals surface area contributed by atoms with Crippen LogP contribution in [0.15, 0.2) is 0 Å². The second-order valence-corrected chi connectivity index (χ2v) is 5.18. The number of hydrogen-bond acceptors (Lipinski definition) is 2. The number of aromatic amines is 1. The van der Waals surface area contributed by atoms with E-state index < -0.39 is 11.4 Å². The number of aliphatic carboxylic acids is 1. The van der Waals surface area contributed by atoms with Gasteiger partial charge in [0.15, 0.2) is 0 Å². The molecule has 2 rings (SSSR count). The van der Waals surface area contributed by atoms with Crippen molar-refractivity contribution in [2.24, 2.45) is 5.41 Å². The molecule has 88 valence electrons. The zero-order valence-electron chi connectivity index (χ0n) is 9.84. The maximum absolute atomic E-state index is 11.0. The molecule has 0 saturated carbocycles. The maximum atomic E-state index is 11.0. The van der Waals surface area contributed by atoms with Gasteiger partial charge in [-0.3, -0.25) is 4.79 Å². The summed E-state index contributed by atoms with van der Waals surface area (Å²) in [5, 5.41) is 9.06. The molecule has 0 bridgehead atoms. The molecule has 0 unspecified atom stereocenters. The maximum Gasteiger partial charge on any atom is 0.309 e. The molecule has 0 fully saturated rings. The van der Waals surface area contributed by atoms with Crippen molar-refractivity contribution in [1.29, 1.82) is 0 Å². The van der Waals surface area contributed by atoms with Crippen LogP contribution in [0.3, 0.4) is 0 Å². The highest BCUT2D eigenvalue weighted by atomic mass is 16.4. The number of nitrogens with zero attached hydrogens (tertiary/aromatic N) is 1. The third kappa shape index (κ3) is 2.10. The summed E-state index contributed by atoms with van der Waals surface area (Å²) in [6, 6.07) is 0. The van der Waals surface area contributed by atoms with Crippen molar-refractivity contribution < 1.29 is 9.90 Å². The fourth-order valence-corrected chi connectivity index (χ4v) is 2.09. The SMILES string of the molecule is CC(C)(Cc1nc2c([nH]1)CCCC2)C(=O)O. The minimum atomic E-state index is -0.776. The van der Waals surface area contributed by atoms with E-state index in [-0.39, 0.29) is 0 Å². The van der Waals surface area contributed by atoms with Crippen LogP contribution in [0.2, 0.25) is 0 Å². The fraction of sp³-hybridized carbons (Fsp3) is 0.667. The normalized spacial score (nSPS) is 15.9. The molecule has 2 N–H and O–H groups in total. The van der Waals surface area contributed by atoms with Gasteiger partial charge in [0.25, 0.3) is 0 Å². The van der Waals surface area contributed by atoms with Crippen LogP contribution in [0.25, 0.3) is 0 Å². The average molecular weight is 222 g/mol.